The number of benzene rings is 1. The largest absolute Gasteiger partial charge is 0.441 e. The normalized spacial score (nSPS) is 18.7. The van der Waals surface area contributed by atoms with Gasteiger partial charge in [0.1, 0.15) is 5.52 Å². The van der Waals surface area contributed by atoms with Crippen LogP contribution in [0.25, 0.3) is 11.1 Å². The van der Waals surface area contributed by atoms with Gasteiger partial charge in [-0.05, 0) is 25.2 Å². The minimum absolute atomic E-state index is 0.280. The predicted molar refractivity (Wildman–Crippen MR) is 75.0 cm³/mol. The Morgan fingerprint density at radius 1 is 1.20 bits per heavy atom. The Morgan fingerprint density at radius 3 is 2.60 bits per heavy atom. The molecule has 6 nitrogen and oxygen atoms in total. The Balaban J connectivity index is 1.96. The Morgan fingerprint density at radius 2 is 1.90 bits per heavy atom. The molecule has 0 radical (unpaired) electrons. The lowest BCUT2D eigenvalue weighted by molar-refractivity contribution is 0.222. The molecular formula is C13H17N3O3S. The van der Waals surface area contributed by atoms with Crippen molar-refractivity contribution >= 4 is 21.1 Å². The maximum atomic E-state index is 12.6. The molecule has 0 spiro atoms. The van der Waals surface area contributed by atoms with Gasteiger partial charge in [-0.2, -0.15) is 4.31 Å². The molecule has 1 fully saturated rings. The molecule has 0 aliphatic carbocycles. The number of nitrogens with zero attached hydrogens (tertiary/aromatic N) is 3. The topological polar surface area (TPSA) is 66.7 Å². The van der Waals surface area contributed by atoms with E-state index in [2.05, 4.69) is 9.88 Å². The molecule has 3 rings (SSSR count). The van der Waals surface area contributed by atoms with E-state index in [0.29, 0.717) is 30.1 Å². The fourth-order valence-electron chi connectivity index (χ4n) is 2.36. The summed E-state index contributed by atoms with van der Waals surface area (Å²) in [5.41, 5.74) is 1.19. The smallest absolute Gasteiger partial charge is 0.243 e. The molecule has 1 aliphatic heterocycles. The van der Waals surface area contributed by atoms with Crippen molar-refractivity contribution in [3.63, 3.8) is 0 Å². The Bertz CT molecular complexity index is 730. The van der Waals surface area contributed by atoms with Gasteiger partial charge in [-0.3, -0.25) is 0 Å². The lowest BCUT2D eigenvalue weighted by Crippen LogP contribution is -2.46. The van der Waals surface area contributed by atoms with E-state index in [1.807, 2.05) is 7.05 Å². The van der Waals surface area contributed by atoms with E-state index in [1.54, 1.807) is 25.1 Å². The van der Waals surface area contributed by atoms with E-state index in [-0.39, 0.29) is 4.90 Å². The van der Waals surface area contributed by atoms with Crippen LogP contribution in [-0.2, 0) is 10.0 Å². The molecule has 0 unspecified atom stereocenters. The Labute approximate surface area is 118 Å². The highest BCUT2D eigenvalue weighted by atomic mass is 32.2. The van der Waals surface area contributed by atoms with Crippen LogP contribution in [0.1, 0.15) is 5.89 Å². The van der Waals surface area contributed by atoms with Crippen molar-refractivity contribution in [1.29, 1.82) is 0 Å². The van der Waals surface area contributed by atoms with Gasteiger partial charge in [-0.25, -0.2) is 13.4 Å². The van der Waals surface area contributed by atoms with Crippen molar-refractivity contribution in [2.75, 3.05) is 33.2 Å². The number of sulfonamides is 1. The fourth-order valence-corrected chi connectivity index (χ4v) is 3.80. The number of hydrogen-bond donors (Lipinski definition) is 0. The van der Waals surface area contributed by atoms with Crippen LogP contribution in [0.4, 0.5) is 0 Å². The molecule has 20 heavy (non-hydrogen) atoms. The zero-order chi connectivity index (χ0) is 14.3. The number of hydrogen-bond acceptors (Lipinski definition) is 5. The number of aromatic nitrogens is 1. The first-order valence-electron chi connectivity index (χ1n) is 6.53. The quantitative estimate of drug-likeness (QED) is 0.829. The van der Waals surface area contributed by atoms with Gasteiger partial charge in [-0.1, -0.05) is 0 Å². The molecule has 0 bridgehead atoms. The van der Waals surface area contributed by atoms with Crippen LogP contribution in [0.15, 0.2) is 27.5 Å². The molecule has 0 amide bonds. The van der Waals surface area contributed by atoms with Gasteiger partial charge in [0.25, 0.3) is 0 Å². The molecule has 0 N–H and O–H groups in total. The third-order valence-corrected chi connectivity index (χ3v) is 5.46. The van der Waals surface area contributed by atoms with Crippen molar-refractivity contribution in [2.45, 2.75) is 11.8 Å². The van der Waals surface area contributed by atoms with Gasteiger partial charge in [0, 0.05) is 33.1 Å². The van der Waals surface area contributed by atoms with Crippen LogP contribution in [0.5, 0.6) is 0 Å². The van der Waals surface area contributed by atoms with Crippen molar-refractivity contribution < 1.29 is 12.8 Å². The third-order valence-electron chi connectivity index (χ3n) is 3.57. The van der Waals surface area contributed by atoms with E-state index in [1.165, 1.54) is 4.31 Å². The summed E-state index contributed by atoms with van der Waals surface area (Å²) in [7, 11) is -1.45. The molecule has 7 heteroatoms. The highest BCUT2D eigenvalue weighted by Crippen LogP contribution is 2.23. The Hall–Kier alpha value is -1.44. The summed E-state index contributed by atoms with van der Waals surface area (Å²) < 4.78 is 32.1. The lowest BCUT2D eigenvalue weighted by atomic mass is 10.3. The van der Waals surface area contributed by atoms with Gasteiger partial charge in [-0.15, -0.1) is 0 Å². The molecule has 0 atom stereocenters. The summed E-state index contributed by atoms with van der Waals surface area (Å²) in [4.78, 5) is 6.59. The highest BCUT2D eigenvalue weighted by molar-refractivity contribution is 7.89. The number of fused-ring (bicyclic) bond motifs is 1. The first kappa shape index (κ1) is 13.5. The van der Waals surface area contributed by atoms with E-state index >= 15 is 0 Å². The van der Waals surface area contributed by atoms with Gasteiger partial charge >= 0.3 is 0 Å². The lowest BCUT2D eigenvalue weighted by Gasteiger charge is -2.31. The summed E-state index contributed by atoms with van der Waals surface area (Å²) in [5.74, 6) is 0.536. The van der Waals surface area contributed by atoms with E-state index in [0.717, 1.165) is 13.1 Å². The zero-order valence-electron chi connectivity index (χ0n) is 11.5. The number of aryl methyl sites for hydroxylation is 1. The average Bonchev–Trinajstić information content (AvgIpc) is 2.78. The molecule has 0 saturated carbocycles. The number of piperazine rings is 1. The first-order chi connectivity index (χ1) is 9.46. The molecule has 1 aromatic heterocycles. The molecule has 2 heterocycles. The zero-order valence-corrected chi connectivity index (χ0v) is 12.4. The predicted octanol–water partition coefficient (Wildman–Crippen LogP) is 1.07. The van der Waals surface area contributed by atoms with E-state index in [9.17, 15) is 8.42 Å². The molecular weight excluding hydrogens is 278 g/mol. The van der Waals surface area contributed by atoms with Gasteiger partial charge in [0.2, 0.25) is 10.0 Å². The molecule has 1 aromatic carbocycles. The van der Waals surface area contributed by atoms with Crippen LogP contribution in [0.3, 0.4) is 0 Å². The second kappa shape index (κ2) is 4.83. The fraction of sp³-hybridized carbons (Fsp3) is 0.462. The van der Waals surface area contributed by atoms with E-state index in [4.69, 9.17) is 4.42 Å². The van der Waals surface area contributed by atoms with Gasteiger partial charge in [0.15, 0.2) is 11.5 Å². The maximum absolute atomic E-state index is 12.6. The molecule has 2 aromatic rings. The molecule has 108 valence electrons. The summed E-state index contributed by atoms with van der Waals surface area (Å²) in [5, 5.41) is 0. The number of rotatable bonds is 2. The summed E-state index contributed by atoms with van der Waals surface area (Å²) in [6, 6.07) is 4.83. The number of oxazole rings is 1. The molecule has 1 aliphatic rings. The van der Waals surface area contributed by atoms with Crippen molar-refractivity contribution in [1.82, 2.24) is 14.2 Å². The Kier molecular flexibility index (Phi) is 3.27. The second-order valence-electron chi connectivity index (χ2n) is 5.07. The van der Waals surface area contributed by atoms with Crippen LogP contribution in [0, 0.1) is 6.92 Å². The van der Waals surface area contributed by atoms with Crippen molar-refractivity contribution in [3.05, 3.63) is 24.1 Å². The monoisotopic (exact) mass is 295 g/mol. The van der Waals surface area contributed by atoms with Crippen molar-refractivity contribution in [3.8, 4) is 0 Å². The highest BCUT2D eigenvalue weighted by Gasteiger charge is 2.27. The van der Waals surface area contributed by atoms with Crippen LogP contribution >= 0.6 is 0 Å². The minimum Gasteiger partial charge on any atom is -0.441 e. The number of likely N-dealkylation sites (N-methyl/N-ethyl adjacent to an activating group) is 1. The van der Waals surface area contributed by atoms with E-state index < -0.39 is 10.0 Å². The second-order valence-corrected chi connectivity index (χ2v) is 7.01. The summed E-state index contributed by atoms with van der Waals surface area (Å²) in [6.45, 7) is 4.30. The standard InChI is InChI=1S/C13H17N3O3S/c1-10-14-12-9-11(3-4-13(12)19-10)20(17,18)16-7-5-15(2)6-8-16/h3-4,9H,5-8H2,1-2H3. The maximum Gasteiger partial charge on any atom is 0.243 e. The summed E-state index contributed by atoms with van der Waals surface area (Å²) >= 11 is 0. The summed E-state index contributed by atoms with van der Waals surface area (Å²) in [6.07, 6.45) is 0. The van der Waals surface area contributed by atoms with Gasteiger partial charge in [0.05, 0.1) is 4.90 Å². The van der Waals surface area contributed by atoms with Crippen LogP contribution in [0.2, 0.25) is 0 Å². The van der Waals surface area contributed by atoms with Crippen LogP contribution < -0.4 is 0 Å². The van der Waals surface area contributed by atoms with Crippen LogP contribution in [-0.4, -0.2) is 55.8 Å². The van der Waals surface area contributed by atoms with Crippen molar-refractivity contribution in [2.24, 2.45) is 0 Å². The minimum atomic E-state index is -3.44. The van der Waals surface area contributed by atoms with Gasteiger partial charge < -0.3 is 9.32 Å². The SMILES string of the molecule is Cc1nc2cc(S(=O)(=O)N3CCN(C)CC3)ccc2o1. The first-order valence-corrected chi connectivity index (χ1v) is 7.97. The third kappa shape index (κ3) is 2.32. The average molecular weight is 295 g/mol. The molecule has 1 saturated heterocycles.